The maximum absolute atomic E-state index is 6.21. The maximum atomic E-state index is 6.21. The van der Waals surface area contributed by atoms with Crippen molar-refractivity contribution in [1.82, 2.24) is 4.98 Å². The third-order valence-corrected chi connectivity index (χ3v) is 3.87. The van der Waals surface area contributed by atoms with Crippen molar-refractivity contribution in [3.8, 4) is 0 Å². The Hall–Kier alpha value is -0.420. The van der Waals surface area contributed by atoms with Gasteiger partial charge in [-0.05, 0) is 41.8 Å². The molecule has 0 spiro atoms. The first-order valence-electron chi connectivity index (χ1n) is 5.36. The SMILES string of the molecule is NC(Cc1ccncc1Cl)c1cc(Br)cc(Br)c1. The summed E-state index contributed by atoms with van der Waals surface area (Å²) >= 11 is 13.0. The van der Waals surface area contributed by atoms with Crippen LogP contribution in [-0.4, -0.2) is 4.98 Å². The van der Waals surface area contributed by atoms with Crippen LogP contribution in [0.1, 0.15) is 17.2 Å². The Morgan fingerprint density at radius 2 is 1.89 bits per heavy atom. The number of hydrogen-bond acceptors (Lipinski definition) is 2. The Morgan fingerprint density at radius 3 is 2.50 bits per heavy atom. The van der Waals surface area contributed by atoms with Gasteiger partial charge in [-0.2, -0.15) is 0 Å². The quantitative estimate of drug-likeness (QED) is 0.838. The molecular formula is C13H11Br2ClN2. The fourth-order valence-electron chi connectivity index (χ4n) is 1.71. The molecule has 0 saturated carbocycles. The van der Waals surface area contributed by atoms with Gasteiger partial charge in [0.1, 0.15) is 0 Å². The Bertz CT molecular complexity index is 540. The summed E-state index contributed by atoms with van der Waals surface area (Å²) in [5, 5.41) is 0.655. The molecular weight excluding hydrogens is 379 g/mol. The van der Waals surface area contributed by atoms with E-state index in [-0.39, 0.29) is 6.04 Å². The minimum Gasteiger partial charge on any atom is -0.324 e. The molecule has 0 saturated heterocycles. The number of rotatable bonds is 3. The van der Waals surface area contributed by atoms with E-state index < -0.39 is 0 Å². The summed E-state index contributed by atoms with van der Waals surface area (Å²) in [5.41, 5.74) is 8.28. The molecule has 1 unspecified atom stereocenters. The molecule has 0 aliphatic rings. The van der Waals surface area contributed by atoms with Crippen molar-refractivity contribution in [2.45, 2.75) is 12.5 Å². The van der Waals surface area contributed by atoms with Crippen molar-refractivity contribution in [3.63, 3.8) is 0 Å². The van der Waals surface area contributed by atoms with E-state index in [2.05, 4.69) is 36.8 Å². The molecule has 0 fully saturated rings. The molecule has 1 aromatic carbocycles. The molecule has 0 aliphatic heterocycles. The van der Waals surface area contributed by atoms with Crippen molar-refractivity contribution in [1.29, 1.82) is 0 Å². The maximum Gasteiger partial charge on any atom is 0.0622 e. The number of nitrogens with two attached hydrogens (primary N) is 1. The molecule has 94 valence electrons. The van der Waals surface area contributed by atoms with Crippen LogP contribution in [0.25, 0.3) is 0 Å². The van der Waals surface area contributed by atoms with Gasteiger partial charge in [0, 0.05) is 27.4 Å². The molecule has 0 bridgehead atoms. The average molecular weight is 391 g/mol. The van der Waals surface area contributed by atoms with Crippen LogP contribution in [0.3, 0.4) is 0 Å². The molecule has 1 heterocycles. The molecule has 2 rings (SSSR count). The van der Waals surface area contributed by atoms with Crippen molar-refractivity contribution < 1.29 is 0 Å². The highest BCUT2D eigenvalue weighted by molar-refractivity contribution is 9.11. The van der Waals surface area contributed by atoms with Gasteiger partial charge in [-0.1, -0.05) is 43.5 Å². The van der Waals surface area contributed by atoms with E-state index in [0.717, 1.165) is 20.1 Å². The average Bonchev–Trinajstić information content (AvgIpc) is 2.31. The normalized spacial score (nSPS) is 12.4. The summed E-state index contributed by atoms with van der Waals surface area (Å²) < 4.78 is 2.01. The molecule has 2 nitrogen and oxygen atoms in total. The van der Waals surface area contributed by atoms with E-state index in [0.29, 0.717) is 11.4 Å². The smallest absolute Gasteiger partial charge is 0.0622 e. The standard InChI is InChI=1S/C13H11Br2ClN2/c14-10-3-9(4-11(15)6-10)13(17)5-8-1-2-18-7-12(8)16/h1-4,6-7,13H,5,17H2. The topological polar surface area (TPSA) is 38.9 Å². The van der Waals surface area contributed by atoms with Crippen LogP contribution >= 0.6 is 43.5 Å². The van der Waals surface area contributed by atoms with E-state index in [1.54, 1.807) is 12.4 Å². The highest BCUT2D eigenvalue weighted by Crippen LogP contribution is 2.26. The van der Waals surface area contributed by atoms with E-state index in [1.165, 1.54) is 0 Å². The monoisotopic (exact) mass is 388 g/mol. The van der Waals surface area contributed by atoms with E-state index in [4.69, 9.17) is 17.3 Å². The van der Waals surface area contributed by atoms with Gasteiger partial charge in [0.15, 0.2) is 0 Å². The fraction of sp³-hybridized carbons (Fsp3) is 0.154. The lowest BCUT2D eigenvalue weighted by Gasteiger charge is -2.14. The molecule has 0 amide bonds. The van der Waals surface area contributed by atoms with Crippen molar-refractivity contribution in [3.05, 3.63) is 61.8 Å². The second-order valence-corrected chi connectivity index (χ2v) is 6.22. The number of nitrogens with zero attached hydrogens (tertiary/aromatic N) is 1. The number of pyridine rings is 1. The molecule has 5 heteroatoms. The van der Waals surface area contributed by atoms with E-state index in [1.807, 2.05) is 24.3 Å². The summed E-state index contributed by atoms with van der Waals surface area (Å²) in [7, 11) is 0. The Kier molecular flexibility index (Phi) is 4.78. The molecule has 0 radical (unpaired) electrons. The fourth-order valence-corrected chi connectivity index (χ4v) is 3.24. The predicted octanol–water partition coefficient (Wildman–Crippen LogP) is 4.50. The predicted molar refractivity (Wildman–Crippen MR) is 81.7 cm³/mol. The second kappa shape index (κ2) is 6.15. The van der Waals surface area contributed by atoms with E-state index in [9.17, 15) is 0 Å². The first-order chi connectivity index (χ1) is 8.56. The van der Waals surface area contributed by atoms with Gasteiger partial charge in [-0.3, -0.25) is 4.98 Å². The van der Waals surface area contributed by atoms with Crippen LogP contribution in [0.4, 0.5) is 0 Å². The lowest BCUT2D eigenvalue weighted by molar-refractivity contribution is 0.720. The lowest BCUT2D eigenvalue weighted by atomic mass is 10.0. The summed E-state index contributed by atoms with van der Waals surface area (Å²) in [6.45, 7) is 0. The van der Waals surface area contributed by atoms with Crippen molar-refractivity contribution in [2.24, 2.45) is 5.73 Å². The molecule has 0 aliphatic carbocycles. The Balaban J connectivity index is 2.22. The van der Waals surface area contributed by atoms with Crippen molar-refractivity contribution >= 4 is 43.5 Å². The zero-order valence-corrected chi connectivity index (χ0v) is 13.3. The van der Waals surface area contributed by atoms with Crippen LogP contribution in [0, 0.1) is 0 Å². The number of hydrogen-bond donors (Lipinski definition) is 1. The Labute approximate surface area is 128 Å². The van der Waals surface area contributed by atoms with Gasteiger partial charge in [0.05, 0.1) is 5.02 Å². The van der Waals surface area contributed by atoms with Crippen molar-refractivity contribution in [2.75, 3.05) is 0 Å². The molecule has 1 aromatic heterocycles. The molecule has 18 heavy (non-hydrogen) atoms. The van der Waals surface area contributed by atoms with Gasteiger partial charge in [-0.25, -0.2) is 0 Å². The number of aromatic nitrogens is 1. The third-order valence-electron chi connectivity index (χ3n) is 2.61. The van der Waals surface area contributed by atoms with Crippen LogP contribution in [-0.2, 0) is 6.42 Å². The highest BCUT2D eigenvalue weighted by Gasteiger charge is 2.10. The van der Waals surface area contributed by atoms with Crippen LogP contribution in [0.2, 0.25) is 5.02 Å². The molecule has 2 aromatic rings. The number of benzene rings is 1. The van der Waals surface area contributed by atoms with Gasteiger partial charge < -0.3 is 5.73 Å². The summed E-state index contributed by atoms with van der Waals surface area (Å²) in [6, 6.07) is 7.82. The van der Waals surface area contributed by atoms with Crippen LogP contribution in [0.15, 0.2) is 45.6 Å². The summed E-state index contributed by atoms with van der Waals surface area (Å²) in [4.78, 5) is 3.97. The summed E-state index contributed by atoms with van der Waals surface area (Å²) in [5.74, 6) is 0. The zero-order chi connectivity index (χ0) is 13.1. The minimum atomic E-state index is -0.0984. The van der Waals surface area contributed by atoms with Gasteiger partial charge in [0.25, 0.3) is 0 Å². The lowest BCUT2D eigenvalue weighted by Crippen LogP contribution is -2.13. The highest BCUT2D eigenvalue weighted by atomic mass is 79.9. The Morgan fingerprint density at radius 1 is 1.22 bits per heavy atom. The first kappa shape index (κ1) is 14.0. The summed E-state index contributed by atoms with van der Waals surface area (Å²) in [6.07, 6.45) is 4.05. The van der Waals surface area contributed by atoms with Gasteiger partial charge in [0.2, 0.25) is 0 Å². The third kappa shape index (κ3) is 3.54. The van der Waals surface area contributed by atoms with E-state index >= 15 is 0 Å². The largest absolute Gasteiger partial charge is 0.324 e. The minimum absolute atomic E-state index is 0.0984. The first-order valence-corrected chi connectivity index (χ1v) is 7.32. The number of halogens is 3. The van der Waals surface area contributed by atoms with Crippen LogP contribution < -0.4 is 5.73 Å². The molecule has 2 N–H and O–H groups in total. The second-order valence-electron chi connectivity index (χ2n) is 3.98. The molecule has 1 atom stereocenters. The van der Waals surface area contributed by atoms with Crippen LogP contribution in [0.5, 0.6) is 0 Å². The van der Waals surface area contributed by atoms with Gasteiger partial charge >= 0.3 is 0 Å². The van der Waals surface area contributed by atoms with Gasteiger partial charge in [-0.15, -0.1) is 0 Å². The zero-order valence-electron chi connectivity index (χ0n) is 9.41.